The molecule has 2 unspecified atom stereocenters. The van der Waals surface area contributed by atoms with Gasteiger partial charge in [-0.05, 0) is 39.7 Å². The fourth-order valence-corrected chi connectivity index (χ4v) is 1.95. The van der Waals surface area contributed by atoms with Crippen molar-refractivity contribution in [3.63, 3.8) is 0 Å². The van der Waals surface area contributed by atoms with E-state index in [9.17, 15) is 9.90 Å². The second kappa shape index (κ2) is 6.64. The molecule has 0 radical (unpaired) electrons. The van der Waals surface area contributed by atoms with E-state index in [1.54, 1.807) is 27.7 Å². The summed E-state index contributed by atoms with van der Waals surface area (Å²) in [6.07, 6.45) is 4.00. The van der Waals surface area contributed by atoms with Crippen molar-refractivity contribution in [3.05, 3.63) is 35.9 Å². The Bertz CT molecular complexity index is 513. The molecule has 114 valence electrons. The van der Waals surface area contributed by atoms with Gasteiger partial charge in [-0.2, -0.15) is 0 Å². The highest BCUT2D eigenvalue weighted by Crippen LogP contribution is 2.19. The lowest BCUT2D eigenvalue weighted by Gasteiger charge is -2.34. The first-order chi connectivity index (χ1) is 9.66. The predicted molar refractivity (Wildman–Crippen MR) is 82.8 cm³/mol. The number of alkyl carbamates (subject to hydrolysis) is 1. The summed E-state index contributed by atoms with van der Waals surface area (Å²) in [5, 5.41) is 12.8. The number of carbonyl (C=O) groups is 1. The highest BCUT2D eigenvalue weighted by molar-refractivity contribution is 5.69. The number of amides is 1. The number of nitrogens with one attached hydrogen (secondary N) is 1. The molecule has 0 bridgehead atoms. The summed E-state index contributed by atoms with van der Waals surface area (Å²) < 4.78 is 5.24. The van der Waals surface area contributed by atoms with Crippen molar-refractivity contribution < 1.29 is 14.6 Å². The molecule has 4 nitrogen and oxygen atoms in total. The van der Waals surface area contributed by atoms with Gasteiger partial charge in [-0.15, -0.1) is 6.42 Å². The molecule has 2 N–H and O–H groups in total. The van der Waals surface area contributed by atoms with Crippen LogP contribution in [0.5, 0.6) is 0 Å². The molecule has 1 aromatic rings. The molecule has 2 atom stereocenters. The average molecular weight is 289 g/mol. The molecule has 0 aliphatic heterocycles. The third kappa shape index (κ3) is 5.49. The molecule has 4 heteroatoms. The number of hydrogen-bond acceptors (Lipinski definition) is 3. The van der Waals surface area contributed by atoms with Crippen LogP contribution in [0.25, 0.3) is 0 Å². The van der Waals surface area contributed by atoms with Gasteiger partial charge >= 0.3 is 6.09 Å². The summed E-state index contributed by atoms with van der Waals surface area (Å²) in [5.41, 5.74) is -0.651. The summed E-state index contributed by atoms with van der Waals surface area (Å²) in [5.74, 6) is 2.28. The molecule has 0 heterocycles. The minimum Gasteiger partial charge on any atom is -0.444 e. The number of aliphatic hydroxyl groups is 1. The van der Waals surface area contributed by atoms with Gasteiger partial charge in [0.1, 0.15) is 11.7 Å². The van der Waals surface area contributed by atoms with Gasteiger partial charge in [0.15, 0.2) is 0 Å². The number of carbonyl (C=O) groups excluding carboxylic acids is 1. The normalized spacial score (nSPS) is 15.4. The zero-order valence-electron chi connectivity index (χ0n) is 13.0. The number of benzene rings is 1. The van der Waals surface area contributed by atoms with E-state index in [0.29, 0.717) is 6.42 Å². The summed E-state index contributed by atoms with van der Waals surface area (Å²) in [4.78, 5) is 12.0. The minimum absolute atomic E-state index is 0.401. The Kier molecular flexibility index (Phi) is 5.40. The van der Waals surface area contributed by atoms with E-state index in [2.05, 4.69) is 11.2 Å². The highest BCUT2D eigenvalue weighted by atomic mass is 16.6. The first-order valence-electron chi connectivity index (χ1n) is 6.85. The lowest BCUT2D eigenvalue weighted by molar-refractivity contribution is 0.0355. The van der Waals surface area contributed by atoms with Crippen LogP contribution in [0, 0.1) is 12.3 Å². The van der Waals surface area contributed by atoms with Crippen LogP contribution in [0.3, 0.4) is 0 Å². The zero-order chi connectivity index (χ0) is 16.1. The second-order valence-corrected chi connectivity index (χ2v) is 6.28. The molecule has 0 aliphatic carbocycles. The first kappa shape index (κ1) is 17.1. The quantitative estimate of drug-likeness (QED) is 0.837. The van der Waals surface area contributed by atoms with Gasteiger partial charge in [0.2, 0.25) is 0 Å². The number of aliphatic hydroxyl groups excluding tert-OH is 1. The molecule has 1 amide bonds. The Balaban J connectivity index is 2.90. The third-order valence-corrected chi connectivity index (χ3v) is 2.96. The van der Waals surface area contributed by atoms with E-state index in [1.165, 1.54) is 0 Å². The van der Waals surface area contributed by atoms with Crippen LogP contribution in [-0.4, -0.2) is 28.4 Å². The fourth-order valence-electron chi connectivity index (χ4n) is 1.95. The lowest BCUT2D eigenvalue weighted by atomic mass is 9.87. The fraction of sp³-hybridized carbons (Fsp3) is 0.471. The molecule has 0 aromatic heterocycles. The number of ether oxygens (including phenoxy) is 1. The molecule has 0 fully saturated rings. The summed E-state index contributed by atoms with van der Waals surface area (Å²) in [6, 6.07) is 9.52. The van der Waals surface area contributed by atoms with Gasteiger partial charge in [-0.3, -0.25) is 0 Å². The van der Waals surface area contributed by atoms with Gasteiger partial charge in [-0.25, -0.2) is 4.79 Å². The van der Waals surface area contributed by atoms with E-state index in [4.69, 9.17) is 11.2 Å². The Morgan fingerprint density at radius 1 is 1.33 bits per heavy atom. The van der Waals surface area contributed by atoms with Crippen LogP contribution in [0.2, 0.25) is 0 Å². The summed E-state index contributed by atoms with van der Waals surface area (Å²) in [7, 11) is 0. The third-order valence-electron chi connectivity index (χ3n) is 2.96. The van der Waals surface area contributed by atoms with Gasteiger partial charge in [-0.1, -0.05) is 36.3 Å². The van der Waals surface area contributed by atoms with Gasteiger partial charge in [0.25, 0.3) is 0 Å². The Hall–Kier alpha value is -1.99. The van der Waals surface area contributed by atoms with Crippen LogP contribution in [0.15, 0.2) is 30.3 Å². The largest absolute Gasteiger partial charge is 0.444 e. The second-order valence-electron chi connectivity index (χ2n) is 6.28. The van der Waals surface area contributed by atoms with Crippen molar-refractivity contribution in [2.75, 3.05) is 0 Å². The summed E-state index contributed by atoms with van der Waals surface area (Å²) in [6.45, 7) is 7.03. The molecule has 1 aromatic carbocycles. The molecule has 1 rings (SSSR count). The average Bonchev–Trinajstić information content (AvgIpc) is 2.36. The van der Waals surface area contributed by atoms with Crippen molar-refractivity contribution >= 4 is 6.09 Å². The van der Waals surface area contributed by atoms with Crippen molar-refractivity contribution in [2.45, 2.75) is 51.4 Å². The van der Waals surface area contributed by atoms with Crippen LogP contribution < -0.4 is 5.32 Å². The van der Waals surface area contributed by atoms with E-state index >= 15 is 0 Å². The van der Waals surface area contributed by atoms with E-state index < -0.39 is 23.3 Å². The Labute approximate surface area is 126 Å². The molecular weight excluding hydrogens is 266 g/mol. The number of rotatable bonds is 4. The van der Waals surface area contributed by atoms with Gasteiger partial charge in [0.05, 0.1) is 5.54 Å². The Morgan fingerprint density at radius 3 is 2.38 bits per heavy atom. The SMILES string of the molecule is C#CC(O)C(C)(Cc1ccccc1)NC(=O)OC(C)(C)C. The maximum atomic E-state index is 12.0. The summed E-state index contributed by atoms with van der Waals surface area (Å²) >= 11 is 0. The van der Waals surface area contributed by atoms with Crippen LogP contribution in [-0.2, 0) is 11.2 Å². The minimum atomic E-state index is -1.12. The van der Waals surface area contributed by atoms with Crippen LogP contribution in [0.4, 0.5) is 4.79 Å². The van der Waals surface area contributed by atoms with Gasteiger partial charge < -0.3 is 15.2 Å². The first-order valence-corrected chi connectivity index (χ1v) is 6.85. The molecule has 0 aliphatic rings. The molecule has 0 saturated carbocycles. The Morgan fingerprint density at radius 2 is 1.90 bits per heavy atom. The topological polar surface area (TPSA) is 58.6 Å². The van der Waals surface area contributed by atoms with Crippen molar-refractivity contribution in [2.24, 2.45) is 0 Å². The van der Waals surface area contributed by atoms with Crippen LogP contribution >= 0.6 is 0 Å². The highest BCUT2D eigenvalue weighted by Gasteiger charge is 2.35. The van der Waals surface area contributed by atoms with Crippen molar-refractivity contribution in [1.29, 1.82) is 0 Å². The molecule has 21 heavy (non-hydrogen) atoms. The van der Waals surface area contributed by atoms with Crippen molar-refractivity contribution in [3.8, 4) is 12.3 Å². The maximum Gasteiger partial charge on any atom is 0.408 e. The predicted octanol–water partition coefficient (Wildman–Crippen LogP) is 2.51. The number of hydrogen-bond donors (Lipinski definition) is 2. The van der Waals surface area contributed by atoms with E-state index in [1.807, 2.05) is 30.3 Å². The van der Waals surface area contributed by atoms with E-state index in [-0.39, 0.29) is 0 Å². The lowest BCUT2D eigenvalue weighted by Crippen LogP contribution is -2.56. The van der Waals surface area contributed by atoms with Crippen LogP contribution in [0.1, 0.15) is 33.3 Å². The number of terminal acetylenes is 1. The smallest absolute Gasteiger partial charge is 0.408 e. The van der Waals surface area contributed by atoms with Gasteiger partial charge in [0, 0.05) is 0 Å². The van der Waals surface area contributed by atoms with E-state index in [0.717, 1.165) is 5.56 Å². The molecule has 0 saturated heterocycles. The zero-order valence-corrected chi connectivity index (χ0v) is 13.0. The maximum absolute atomic E-state index is 12.0. The standard InChI is InChI=1S/C17H23NO3/c1-6-14(19)17(5,12-13-10-8-7-9-11-13)18-15(20)21-16(2,3)4/h1,7-11,14,19H,12H2,2-5H3,(H,18,20). The molecule has 0 spiro atoms. The van der Waals surface area contributed by atoms with Crippen molar-refractivity contribution in [1.82, 2.24) is 5.32 Å². The molecular formula is C17H23NO3. The monoisotopic (exact) mass is 289 g/mol.